The second-order valence-corrected chi connectivity index (χ2v) is 5.48. The molecule has 0 radical (unpaired) electrons. The predicted molar refractivity (Wildman–Crippen MR) is 82.3 cm³/mol. The van der Waals surface area contributed by atoms with Crippen molar-refractivity contribution in [3.63, 3.8) is 0 Å². The summed E-state index contributed by atoms with van der Waals surface area (Å²) in [6.07, 6.45) is 8.28. The standard InChI is InChI=1S/C16H17N5O2/c1(2-13-7-18-19-8-13)3-16-17-10-20-21(16)9-12-4-5-14-15(6-12)23-11-22-14/h4-8,10H,1-3,9,11H2,(H,18,19). The van der Waals surface area contributed by atoms with E-state index in [9.17, 15) is 0 Å². The van der Waals surface area contributed by atoms with Gasteiger partial charge in [0, 0.05) is 12.6 Å². The molecule has 0 saturated heterocycles. The Hall–Kier alpha value is -2.83. The lowest BCUT2D eigenvalue weighted by Crippen LogP contribution is -2.07. The highest BCUT2D eigenvalue weighted by Crippen LogP contribution is 2.32. The van der Waals surface area contributed by atoms with Crippen LogP contribution in [-0.2, 0) is 19.4 Å². The molecule has 0 atom stereocenters. The number of aromatic nitrogens is 5. The van der Waals surface area contributed by atoms with Gasteiger partial charge in [0.2, 0.25) is 6.79 Å². The minimum absolute atomic E-state index is 0.293. The molecule has 0 fully saturated rings. The first kappa shape index (κ1) is 13.8. The van der Waals surface area contributed by atoms with E-state index in [2.05, 4.69) is 20.3 Å². The van der Waals surface area contributed by atoms with Gasteiger partial charge in [-0.3, -0.25) is 5.10 Å². The Morgan fingerprint density at radius 1 is 1.13 bits per heavy atom. The third kappa shape index (κ3) is 3.03. The Morgan fingerprint density at radius 2 is 2.09 bits per heavy atom. The lowest BCUT2D eigenvalue weighted by atomic mass is 10.1. The fraction of sp³-hybridized carbons (Fsp3) is 0.312. The van der Waals surface area contributed by atoms with Gasteiger partial charge < -0.3 is 9.47 Å². The van der Waals surface area contributed by atoms with E-state index in [-0.39, 0.29) is 0 Å². The van der Waals surface area contributed by atoms with Crippen LogP contribution in [0.5, 0.6) is 11.5 Å². The molecule has 0 amide bonds. The molecular formula is C16H17N5O2. The molecule has 0 aliphatic carbocycles. The number of aromatic amines is 1. The van der Waals surface area contributed by atoms with E-state index in [4.69, 9.17) is 9.47 Å². The predicted octanol–water partition coefficient (Wildman–Crippen LogP) is 1.95. The second kappa shape index (κ2) is 6.12. The fourth-order valence-corrected chi connectivity index (χ4v) is 2.69. The molecule has 1 N–H and O–H groups in total. The smallest absolute Gasteiger partial charge is 0.231 e. The number of fused-ring (bicyclic) bond motifs is 1. The van der Waals surface area contributed by atoms with Crippen LogP contribution in [0.4, 0.5) is 0 Å². The number of rotatable bonds is 6. The molecule has 0 unspecified atom stereocenters. The fourth-order valence-electron chi connectivity index (χ4n) is 2.69. The average Bonchev–Trinajstić information content (AvgIpc) is 3.29. The minimum Gasteiger partial charge on any atom is -0.454 e. The maximum Gasteiger partial charge on any atom is 0.231 e. The van der Waals surface area contributed by atoms with Crippen molar-refractivity contribution >= 4 is 0 Å². The summed E-state index contributed by atoms with van der Waals surface area (Å²) in [5, 5.41) is 11.1. The summed E-state index contributed by atoms with van der Waals surface area (Å²) in [6.45, 7) is 0.971. The third-order valence-electron chi connectivity index (χ3n) is 3.89. The van der Waals surface area contributed by atoms with Crippen LogP contribution >= 0.6 is 0 Å². The van der Waals surface area contributed by atoms with Crippen molar-refractivity contribution in [2.45, 2.75) is 25.8 Å². The molecule has 2 aromatic heterocycles. The van der Waals surface area contributed by atoms with Crippen molar-refractivity contribution in [3.05, 3.63) is 53.9 Å². The van der Waals surface area contributed by atoms with Crippen LogP contribution in [0.3, 0.4) is 0 Å². The molecule has 4 rings (SSSR count). The Bertz CT molecular complexity index is 782. The first-order chi connectivity index (χ1) is 11.4. The lowest BCUT2D eigenvalue weighted by Gasteiger charge is -2.07. The van der Waals surface area contributed by atoms with E-state index in [0.717, 1.165) is 42.1 Å². The average molecular weight is 311 g/mol. The highest BCUT2D eigenvalue weighted by atomic mass is 16.7. The zero-order chi connectivity index (χ0) is 15.5. The van der Waals surface area contributed by atoms with Crippen molar-refractivity contribution in [1.29, 1.82) is 0 Å². The van der Waals surface area contributed by atoms with Crippen LogP contribution in [0.15, 0.2) is 36.9 Å². The van der Waals surface area contributed by atoms with Gasteiger partial charge in [-0.25, -0.2) is 9.67 Å². The van der Waals surface area contributed by atoms with Crippen molar-refractivity contribution < 1.29 is 9.47 Å². The maximum absolute atomic E-state index is 5.42. The Labute approximate surface area is 133 Å². The van der Waals surface area contributed by atoms with Crippen molar-refractivity contribution in [2.24, 2.45) is 0 Å². The number of nitrogens with zero attached hydrogens (tertiary/aromatic N) is 4. The van der Waals surface area contributed by atoms with Gasteiger partial charge in [0.1, 0.15) is 12.2 Å². The van der Waals surface area contributed by atoms with E-state index in [0.29, 0.717) is 13.3 Å². The molecule has 118 valence electrons. The number of aryl methyl sites for hydroxylation is 2. The number of nitrogens with one attached hydrogen (secondary N) is 1. The first-order valence-electron chi connectivity index (χ1n) is 7.61. The van der Waals surface area contributed by atoms with E-state index >= 15 is 0 Å². The van der Waals surface area contributed by atoms with Gasteiger partial charge in [-0.2, -0.15) is 10.2 Å². The van der Waals surface area contributed by atoms with Gasteiger partial charge in [-0.1, -0.05) is 6.07 Å². The van der Waals surface area contributed by atoms with Crippen molar-refractivity contribution in [3.8, 4) is 11.5 Å². The van der Waals surface area contributed by atoms with E-state index < -0.39 is 0 Å². The van der Waals surface area contributed by atoms with Crippen LogP contribution in [0.1, 0.15) is 23.4 Å². The van der Waals surface area contributed by atoms with Crippen LogP contribution in [0.25, 0.3) is 0 Å². The summed E-state index contributed by atoms with van der Waals surface area (Å²) in [7, 11) is 0. The molecule has 7 nitrogen and oxygen atoms in total. The van der Waals surface area contributed by atoms with Crippen LogP contribution in [0.2, 0.25) is 0 Å². The third-order valence-corrected chi connectivity index (χ3v) is 3.89. The Kier molecular flexibility index (Phi) is 3.67. The molecule has 23 heavy (non-hydrogen) atoms. The molecule has 0 spiro atoms. The molecule has 1 aromatic carbocycles. The summed E-state index contributed by atoms with van der Waals surface area (Å²) < 4.78 is 12.7. The van der Waals surface area contributed by atoms with Gasteiger partial charge in [0.05, 0.1) is 12.7 Å². The summed E-state index contributed by atoms with van der Waals surface area (Å²) in [6, 6.07) is 5.97. The first-order valence-corrected chi connectivity index (χ1v) is 7.61. The zero-order valence-electron chi connectivity index (χ0n) is 12.6. The van der Waals surface area contributed by atoms with Crippen LogP contribution in [0, 0.1) is 0 Å². The van der Waals surface area contributed by atoms with Gasteiger partial charge >= 0.3 is 0 Å². The highest BCUT2D eigenvalue weighted by Gasteiger charge is 2.14. The summed E-state index contributed by atoms with van der Waals surface area (Å²) in [5.74, 6) is 2.59. The molecule has 3 aromatic rings. The molecule has 3 heterocycles. The molecular weight excluding hydrogens is 294 g/mol. The number of ether oxygens (including phenoxy) is 2. The van der Waals surface area contributed by atoms with E-state index in [1.165, 1.54) is 5.56 Å². The minimum atomic E-state index is 0.293. The molecule has 0 bridgehead atoms. The van der Waals surface area contributed by atoms with Gasteiger partial charge in [0.25, 0.3) is 0 Å². The van der Waals surface area contributed by atoms with Crippen molar-refractivity contribution in [1.82, 2.24) is 25.0 Å². The van der Waals surface area contributed by atoms with Crippen molar-refractivity contribution in [2.75, 3.05) is 6.79 Å². The van der Waals surface area contributed by atoms with Gasteiger partial charge in [-0.05, 0) is 36.1 Å². The quantitative estimate of drug-likeness (QED) is 0.753. The van der Waals surface area contributed by atoms with E-state index in [1.54, 1.807) is 6.33 Å². The molecule has 7 heteroatoms. The normalized spacial score (nSPS) is 12.7. The highest BCUT2D eigenvalue weighted by molar-refractivity contribution is 5.44. The summed E-state index contributed by atoms with van der Waals surface area (Å²) in [5.41, 5.74) is 2.34. The maximum atomic E-state index is 5.42. The zero-order valence-corrected chi connectivity index (χ0v) is 12.6. The molecule has 1 aliphatic rings. The van der Waals surface area contributed by atoms with Gasteiger partial charge in [0.15, 0.2) is 11.5 Å². The number of hydrogen-bond donors (Lipinski definition) is 1. The number of hydrogen-bond acceptors (Lipinski definition) is 5. The number of H-pyrrole nitrogens is 1. The SMILES string of the molecule is c1nc(CCCc2cn[nH]c2)n(Cc2ccc3c(c2)OCO3)n1. The van der Waals surface area contributed by atoms with Gasteiger partial charge in [-0.15, -0.1) is 0 Å². The summed E-state index contributed by atoms with van der Waals surface area (Å²) >= 11 is 0. The Morgan fingerprint density at radius 3 is 3.00 bits per heavy atom. The van der Waals surface area contributed by atoms with Crippen LogP contribution in [-0.4, -0.2) is 31.8 Å². The molecule has 1 aliphatic heterocycles. The van der Waals surface area contributed by atoms with Crippen LogP contribution < -0.4 is 9.47 Å². The molecule has 0 saturated carbocycles. The number of benzene rings is 1. The monoisotopic (exact) mass is 311 g/mol. The topological polar surface area (TPSA) is 77.9 Å². The Balaban J connectivity index is 1.40. The lowest BCUT2D eigenvalue weighted by molar-refractivity contribution is 0.174. The second-order valence-electron chi connectivity index (χ2n) is 5.48. The van der Waals surface area contributed by atoms with E-state index in [1.807, 2.05) is 35.3 Å². The largest absolute Gasteiger partial charge is 0.454 e. The summed E-state index contributed by atoms with van der Waals surface area (Å²) in [4.78, 5) is 4.38.